The first-order valence-corrected chi connectivity index (χ1v) is 14.7. The Morgan fingerprint density at radius 2 is 1.85 bits per heavy atom. The van der Waals surface area contributed by atoms with Crippen molar-refractivity contribution < 1.29 is 28.2 Å². The van der Waals surface area contributed by atoms with E-state index in [4.69, 9.17) is 9.47 Å². The first-order chi connectivity index (χ1) is 18.5. The number of nitrogens with zero attached hydrogens (tertiary/aromatic N) is 3. The predicted octanol–water partition coefficient (Wildman–Crippen LogP) is 5.76. The molecule has 1 N–H and O–H groups in total. The number of ether oxygens (including phenoxy) is 2. The number of hydrogen-bond acceptors (Lipinski definition) is 9. The van der Waals surface area contributed by atoms with Crippen LogP contribution >= 0.6 is 34.4 Å². The molecule has 0 unspecified atom stereocenters. The number of aromatic nitrogens is 1. The zero-order valence-corrected chi connectivity index (χ0v) is 24.7. The topological polar surface area (TPSA) is 101 Å². The molecule has 1 aromatic carbocycles. The number of thiophene rings is 1. The van der Waals surface area contributed by atoms with Crippen LogP contribution in [0.3, 0.4) is 0 Å². The Labute approximate surface area is 238 Å². The average Bonchev–Trinajstić information content (AvgIpc) is 3.57. The van der Waals surface area contributed by atoms with E-state index in [0.717, 1.165) is 11.8 Å². The van der Waals surface area contributed by atoms with E-state index in [9.17, 15) is 14.4 Å². The van der Waals surface area contributed by atoms with Crippen LogP contribution in [0.4, 0.5) is 14.3 Å². The molecule has 13 heteroatoms. The Morgan fingerprint density at radius 3 is 2.46 bits per heavy atom. The lowest BCUT2D eigenvalue weighted by Gasteiger charge is -2.35. The van der Waals surface area contributed by atoms with Crippen molar-refractivity contribution in [3.63, 3.8) is 0 Å². The molecular formula is C26H29FN4O5S3. The molecule has 3 amide bonds. The van der Waals surface area contributed by atoms with E-state index >= 15 is 4.39 Å². The van der Waals surface area contributed by atoms with Gasteiger partial charge in [-0.3, -0.25) is 14.9 Å². The second-order valence-corrected chi connectivity index (χ2v) is 12.8. The van der Waals surface area contributed by atoms with Crippen LogP contribution in [-0.4, -0.2) is 71.6 Å². The molecule has 0 bridgehead atoms. The van der Waals surface area contributed by atoms with Gasteiger partial charge in [0.1, 0.15) is 16.9 Å². The van der Waals surface area contributed by atoms with Crippen molar-refractivity contribution in [2.24, 2.45) is 0 Å². The number of carbonyl (C=O) groups excluding carboxylic acids is 3. The predicted molar refractivity (Wildman–Crippen MR) is 150 cm³/mol. The minimum atomic E-state index is -0.686. The molecule has 3 heterocycles. The van der Waals surface area contributed by atoms with Gasteiger partial charge in [-0.25, -0.2) is 14.2 Å². The summed E-state index contributed by atoms with van der Waals surface area (Å²) in [6.07, 6.45) is 1.11. The monoisotopic (exact) mass is 592 g/mol. The Morgan fingerprint density at radius 1 is 1.15 bits per heavy atom. The van der Waals surface area contributed by atoms with Gasteiger partial charge in [-0.2, -0.15) is 11.3 Å². The molecule has 0 radical (unpaired) electrons. The third-order valence-corrected chi connectivity index (χ3v) is 8.62. The standard InChI is InChI=1S/C26H29FN4O5S3/c1-15-12-17(35-5)19(23(33)30-7-9-31(10-8-30)25(34)36-26(2,3)4)20(27)21(15)38-18-13-28-24(39-18)29-22(32)16-6-11-37-14-16/h6,11-14H,7-10H2,1-5H3,(H,28,29,32). The van der Waals surface area contributed by atoms with Gasteiger partial charge in [0.25, 0.3) is 11.8 Å². The highest BCUT2D eigenvalue weighted by molar-refractivity contribution is 8.01. The minimum Gasteiger partial charge on any atom is -0.496 e. The summed E-state index contributed by atoms with van der Waals surface area (Å²) < 4.78 is 27.4. The van der Waals surface area contributed by atoms with Crippen LogP contribution in [0.25, 0.3) is 0 Å². The lowest BCUT2D eigenvalue weighted by molar-refractivity contribution is 0.0139. The highest BCUT2D eigenvalue weighted by Crippen LogP contribution is 2.41. The SMILES string of the molecule is COc1cc(C)c(Sc2cnc(NC(=O)c3ccsc3)s2)c(F)c1C(=O)N1CCN(C(=O)OC(C)(C)C)CC1. The van der Waals surface area contributed by atoms with E-state index < -0.39 is 23.4 Å². The highest BCUT2D eigenvalue weighted by atomic mass is 32.2. The van der Waals surface area contributed by atoms with Gasteiger partial charge in [-0.05, 0) is 50.8 Å². The normalized spacial score (nSPS) is 13.8. The van der Waals surface area contributed by atoms with Crippen molar-refractivity contribution in [1.29, 1.82) is 0 Å². The minimum absolute atomic E-state index is 0.141. The molecule has 39 heavy (non-hydrogen) atoms. The zero-order valence-electron chi connectivity index (χ0n) is 22.2. The molecule has 0 aliphatic carbocycles. The van der Waals surface area contributed by atoms with E-state index in [0.29, 0.717) is 20.5 Å². The molecule has 0 atom stereocenters. The summed E-state index contributed by atoms with van der Waals surface area (Å²) in [5.74, 6) is -1.33. The first-order valence-electron chi connectivity index (χ1n) is 12.1. The number of amides is 3. The third kappa shape index (κ3) is 6.89. The lowest BCUT2D eigenvalue weighted by atomic mass is 10.1. The van der Waals surface area contributed by atoms with E-state index in [2.05, 4.69) is 10.3 Å². The molecule has 3 aromatic rings. The summed E-state index contributed by atoms with van der Waals surface area (Å²) in [6.45, 7) is 8.14. The summed E-state index contributed by atoms with van der Waals surface area (Å²) in [4.78, 5) is 45.7. The summed E-state index contributed by atoms with van der Waals surface area (Å²) >= 11 is 3.76. The van der Waals surface area contributed by atoms with E-state index in [1.165, 1.54) is 39.6 Å². The fourth-order valence-corrected chi connectivity index (χ4v) is 6.37. The number of anilines is 1. The van der Waals surface area contributed by atoms with Gasteiger partial charge in [0.05, 0.1) is 28.0 Å². The van der Waals surface area contributed by atoms with Gasteiger partial charge in [0.2, 0.25) is 0 Å². The van der Waals surface area contributed by atoms with Gasteiger partial charge in [-0.15, -0.1) is 0 Å². The Hall–Kier alpha value is -3.16. The molecule has 4 rings (SSSR count). The number of hydrogen-bond donors (Lipinski definition) is 1. The van der Waals surface area contributed by atoms with Crippen molar-refractivity contribution >= 4 is 57.5 Å². The van der Waals surface area contributed by atoms with Gasteiger partial charge < -0.3 is 19.3 Å². The second kappa shape index (κ2) is 11.9. The van der Waals surface area contributed by atoms with Gasteiger partial charge in [0.15, 0.2) is 10.9 Å². The Bertz CT molecular complexity index is 1360. The van der Waals surface area contributed by atoms with E-state index in [-0.39, 0.29) is 48.3 Å². The fourth-order valence-electron chi connectivity index (χ4n) is 3.82. The maximum atomic E-state index is 15.9. The van der Waals surface area contributed by atoms with Crippen LogP contribution in [-0.2, 0) is 4.74 Å². The molecule has 9 nitrogen and oxygen atoms in total. The first kappa shape index (κ1) is 28.8. The molecule has 1 saturated heterocycles. The van der Waals surface area contributed by atoms with E-state index in [1.54, 1.807) is 51.4 Å². The van der Waals surface area contributed by atoms with Crippen molar-refractivity contribution in [3.8, 4) is 5.75 Å². The Balaban J connectivity index is 1.49. The molecule has 208 valence electrons. The number of methoxy groups -OCH3 is 1. The number of carbonyl (C=O) groups is 3. The number of aryl methyl sites for hydroxylation is 1. The number of rotatable bonds is 6. The fraction of sp³-hybridized carbons (Fsp3) is 0.385. The maximum absolute atomic E-state index is 15.9. The number of piperazine rings is 1. The lowest BCUT2D eigenvalue weighted by Crippen LogP contribution is -2.51. The molecule has 0 spiro atoms. The maximum Gasteiger partial charge on any atom is 0.410 e. The number of nitrogens with one attached hydrogen (secondary N) is 1. The van der Waals surface area contributed by atoms with Gasteiger partial charge >= 0.3 is 6.09 Å². The summed E-state index contributed by atoms with van der Waals surface area (Å²) in [5.41, 5.74) is 0.353. The van der Waals surface area contributed by atoms with Crippen LogP contribution in [0.5, 0.6) is 5.75 Å². The van der Waals surface area contributed by atoms with Crippen molar-refractivity contribution in [1.82, 2.24) is 14.8 Å². The van der Waals surface area contributed by atoms with Crippen molar-refractivity contribution in [3.05, 3.63) is 51.6 Å². The Kier molecular flexibility index (Phi) is 8.82. The summed E-state index contributed by atoms with van der Waals surface area (Å²) in [5, 5.41) is 6.69. The molecule has 2 aromatic heterocycles. The summed E-state index contributed by atoms with van der Waals surface area (Å²) in [7, 11) is 1.39. The number of benzene rings is 1. The number of halogens is 1. The molecule has 1 aliphatic rings. The summed E-state index contributed by atoms with van der Waals surface area (Å²) in [6, 6.07) is 3.35. The largest absolute Gasteiger partial charge is 0.496 e. The van der Waals surface area contributed by atoms with Crippen molar-refractivity contribution in [2.45, 2.75) is 42.4 Å². The van der Waals surface area contributed by atoms with Crippen LogP contribution in [0.2, 0.25) is 0 Å². The quantitative estimate of drug-likeness (QED) is 0.389. The molecule has 1 aliphatic heterocycles. The molecular weight excluding hydrogens is 564 g/mol. The van der Waals surface area contributed by atoms with Crippen molar-refractivity contribution in [2.75, 3.05) is 38.6 Å². The molecule has 1 fully saturated rings. The second-order valence-electron chi connectivity index (χ2n) is 9.73. The third-order valence-electron chi connectivity index (χ3n) is 5.71. The van der Waals surface area contributed by atoms with Crippen LogP contribution < -0.4 is 10.1 Å². The highest BCUT2D eigenvalue weighted by Gasteiger charge is 2.32. The number of thiazole rings is 1. The van der Waals surface area contributed by atoms with Crippen LogP contribution in [0, 0.1) is 12.7 Å². The van der Waals surface area contributed by atoms with Gasteiger partial charge in [0, 0.05) is 31.6 Å². The van der Waals surface area contributed by atoms with Gasteiger partial charge in [-0.1, -0.05) is 23.1 Å². The van der Waals surface area contributed by atoms with Crippen LogP contribution in [0.15, 0.2) is 38.2 Å². The van der Waals surface area contributed by atoms with E-state index in [1.807, 2.05) is 5.38 Å². The zero-order chi connectivity index (χ0) is 28.3. The smallest absolute Gasteiger partial charge is 0.410 e. The molecule has 0 saturated carbocycles. The average molecular weight is 593 g/mol. The van der Waals surface area contributed by atoms with Crippen LogP contribution in [0.1, 0.15) is 47.1 Å².